The van der Waals surface area contributed by atoms with E-state index < -0.39 is 5.66 Å². The van der Waals surface area contributed by atoms with E-state index >= 15 is 0 Å². The molecule has 126 valence electrons. The first-order valence-electron chi connectivity index (χ1n) is 8.28. The number of rotatable bonds is 2. The third kappa shape index (κ3) is 2.34. The standard InChI is InChI=1S/C17H22N6S/c1-24-14-10-20-13-6-5-11(9-12(13)14)23-16(19)21-15(18)22-17(23)7-3-2-4-8-17/h5-6,9-10,20H,2-4,7-8H2,1H3,(H4,18,19,21,22). The molecular formula is C17H22N6S. The van der Waals surface area contributed by atoms with Crippen molar-refractivity contribution in [3.63, 3.8) is 0 Å². The van der Waals surface area contributed by atoms with E-state index in [9.17, 15) is 0 Å². The number of hydrogen-bond acceptors (Lipinski definition) is 6. The van der Waals surface area contributed by atoms with E-state index in [2.05, 4.69) is 39.3 Å². The Kier molecular flexibility index (Phi) is 3.68. The number of hydrogen-bond donors (Lipinski definition) is 3. The normalized spacial score (nSPS) is 20.3. The number of H-pyrrole nitrogens is 1. The van der Waals surface area contributed by atoms with Gasteiger partial charge in [-0.2, -0.15) is 4.99 Å². The minimum absolute atomic E-state index is 0.290. The van der Waals surface area contributed by atoms with Crippen LogP contribution in [-0.2, 0) is 0 Å². The van der Waals surface area contributed by atoms with Crippen LogP contribution in [0.2, 0.25) is 0 Å². The summed E-state index contributed by atoms with van der Waals surface area (Å²) in [6, 6.07) is 6.35. The van der Waals surface area contributed by atoms with E-state index in [1.807, 2.05) is 6.20 Å². The van der Waals surface area contributed by atoms with Crippen molar-refractivity contribution < 1.29 is 0 Å². The molecule has 0 saturated heterocycles. The van der Waals surface area contributed by atoms with E-state index in [4.69, 9.17) is 16.5 Å². The highest BCUT2D eigenvalue weighted by Crippen LogP contribution is 2.40. The largest absolute Gasteiger partial charge is 0.369 e. The topological polar surface area (TPSA) is 95.8 Å². The van der Waals surface area contributed by atoms with Crippen molar-refractivity contribution in [1.82, 2.24) is 4.98 Å². The molecule has 1 spiro atoms. The number of aromatic amines is 1. The van der Waals surface area contributed by atoms with Gasteiger partial charge in [0, 0.05) is 27.7 Å². The minimum Gasteiger partial charge on any atom is -0.369 e. The molecule has 0 amide bonds. The lowest BCUT2D eigenvalue weighted by molar-refractivity contribution is 0.305. The first-order valence-corrected chi connectivity index (χ1v) is 9.50. The Bertz CT molecular complexity index is 831. The highest BCUT2D eigenvalue weighted by atomic mass is 32.2. The van der Waals surface area contributed by atoms with Gasteiger partial charge in [0.05, 0.1) is 0 Å². The molecule has 5 N–H and O–H groups in total. The summed E-state index contributed by atoms with van der Waals surface area (Å²) in [5.74, 6) is 0.725. The highest BCUT2D eigenvalue weighted by Gasteiger charge is 2.42. The summed E-state index contributed by atoms with van der Waals surface area (Å²) >= 11 is 1.73. The van der Waals surface area contributed by atoms with Crippen molar-refractivity contribution in [2.45, 2.75) is 42.7 Å². The van der Waals surface area contributed by atoms with Gasteiger partial charge in [-0.1, -0.05) is 6.42 Å². The number of guanidine groups is 2. The molecule has 6 nitrogen and oxygen atoms in total. The first-order chi connectivity index (χ1) is 11.6. The second-order valence-corrected chi connectivity index (χ2v) is 7.25. The number of aromatic nitrogens is 1. The fourth-order valence-corrected chi connectivity index (χ4v) is 4.45. The summed E-state index contributed by atoms with van der Waals surface area (Å²) in [5.41, 5.74) is 14.0. The molecule has 2 heterocycles. The molecule has 0 atom stereocenters. The average Bonchev–Trinajstić information content (AvgIpc) is 2.97. The predicted octanol–water partition coefficient (Wildman–Crippen LogP) is 3.00. The number of aliphatic imine (C=N–C) groups is 2. The van der Waals surface area contributed by atoms with E-state index in [0.29, 0.717) is 5.96 Å². The maximum absolute atomic E-state index is 6.30. The van der Waals surface area contributed by atoms with Crippen LogP contribution < -0.4 is 16.4 Å². The van der Waals surface area contributed by atoms with Crippen LogP contribution in [0.25, 0.3) is 10.9 Å². The second kappa shape index (κ2) is 5.73. The number of benzene rings is 1. The van der Waals surface area contributed by atoms with Crippen LogP contribution in [0.15, 0.2) is 39.3 Å². The van der Waals surface area contributed by atoms with Crippen molar-refractivity contribution in [2.24, 2.45) is 21.5 Å². The fourth-order valence-electron chi connectivity index (χ4n) is 3.89. The lowest BCUT2D eigenvalue weighted by Gasteiger charge is -2.45. The molecule has 24 heavy (non-hydrogen) atoms. The number of nitrogens with one attached hydrogen (secondary N) is 1. The maximum atomic E-state index is 6.30. The monoisotopic (exact) mass is 342 g/mol. The average molecular weight is 342 g/mol. The summed E-state index contributed by atoms with van der Waals surface area (Å²) in [5, 5.41) is 1.20. The smallest absolute Gasteiger partial charge is 0.220 e. The summed E-state index contributed by atoms with van der Waals surface area (Å²) in [6.07, 6.45) is 9.51. The lowest BCUT2D eigenvalue weighted by atomic mass is 9.87. The van der Waals surface area contributed by atoms with Crippen LogP contribution >= 0.6 is 11.8 Å². The Balaban J connectivity index is 1.84. The van der Waals surface area contributed by atoms with E-state index in [1.54, 1.807) is 11.8 Å². The van der Waals surface area contributed by atoms with E-state index in [0.717, 1.165) is 36.9 Å². The summed E-state index contributed by atoms with van der Waals surface area (Å²) in [4.78, 5) is 15.6. The van der Waals surface area contributed by atoms with Crippen molar-refractivity contribution in [1.29, 1.82) is 0 Å². The Labute approximate surface area is 145 Å². The Morgan fingerprint density at radius 3 is 2.75 bits per heavy atom. The minimum atomic E-state index is -0.391. The van der Waals surface area contributed by atoms with Crippen molar-refractivity contribution in [3.8, 4) is 0 Å². The number of anilines is 1. The van der Waals surface area contributed by atoms with Gasteiger partial charge < -0.3 is 16.5 Å². The summed E-state index contributed by atoms with van der Waals surface area (Å²) in [6.45, 7) is 0. The summed E-state index contributed by atoms with van der Waals surface area (Å²) in [7, 11) is 0. The Morgan fingerprint density at radius 1 is 1.21 bits per heavy atom. The maximum Gasteiger partial charge on any atom is 0.220 e. The SMILES string of the molecule is CSc1c[nH]c2ccc(N3C(N)=NC(N)=NC34CCCCC4)cc12. The van der Waals surface area contributed by atoms with Gasteiger partial charge in [0.25, 0.3) is 0 Å². The van der Waals surface area contributed by atoms with Gasteiger partial charge in [0.1, 0.15) is 5.66 Å². The lowest BCUT2D eigenvalue weighted by Crippen LogP contribution is -2.58. The van der Waals surface area contributed by atoms with Gasteiger partial charge in [-0.05, 0) is 50.1 Å². The number of fused-ring (bicyclic) bond motifs is 1. The molecule has 0 unspecified atom stereocenters. The third-order valence-corrected chi connectivity index (χ3v) is 5.73. The van der Waals surface area contributed by atoms with Crippen molar-refractivity contribution in [2.75, 3.05) is 11.2 Å². The van der Waals surface area contributed by atoms with Crippen molar-refractivity contribution in [3.05, 3.63) is 24.4 Å². The van der Waals surface area contributed by atoms with Crippen LogP contribution in [0.5, 0.6) is 0 Å². The Hall–Kier alpha value is -2.15. The quantitative estimate of drug-likeness (QED) is 0.731. The summed E-state index contributed by atoms with van der Waals surface area (Å²) < 4.78 is 0. The molecule has 7 heteroatoms. The zero-order valence-electron chi connectivity index (χ0n) is 13.7. The molecule has 0 bridgehead atoms. The number of thioether (sulfide) groups is 1. The second-order valence-electron chi connectivity index (χ2n) is 6.41. The zero-order valence-corrected chi connectivity index (χ0v) is 14.6. The fraction of sp³-hybridized carbons (Fsp3) is 0.412. The molecule has 4 rings (SSSR count). The molecular weight excluding hydrogens is 320 g/mol. The third-order valence-electron chi connectivity index (χ3n) is 4.96. The van der Waals surface area contributed by atoms with Gasteiger partial charge >= 0.3 is 0 Å². The van der Waals surface area contributed by atoms with E-state index in [-0.39, 0.29) is 5.96 Å². The molecule has 1 aromatic carbocycles. The number of nitrogens with zero attached hydrogens (tertiary/aromatic N) is 3. The van der Waals surface area contributed by atoms with Gasteiger partial charge in [-0.25, -0.2) is 4.99 Å². The highest BCUT2D eigenvalue weighted by molar-refractivity contribution is 7.98. The molecule has 1 aromatic heterocycles. The van der Waals surface area contributed by atoms with E-state index in [1.165, 1.54) is 16.7 Å². The van der Waals surface area contributed by atoms with Crippen LogP contribution in [-0.4, -0.2) is 28.8 Å². The molecule has 1 saturated carbocycles. The zero-order chi connectivity index (χ0) is 16.7. The van der Waals surface area contributed by atoms with Gasteiger partial charge in [0.15, 0.2) is 0 Å². The van der Waals surface area contributed by atoms with Gasteiger partial charge in [-0.3, -0.25) is 4.90 Å². The molecule has 0 radical (unpaired) electrons. The number of nitrogens with two attached hydrogens (primary N) is 2. The van der Waals surface area contributed by atoms with Crippen LogP contribution in [0.3, 0.4) is 0 Å². The molecule has 2 aromatic rings. The van der Waals surface area contributed by atoms with Gasteiger partial charge in [0.2, 0.25) is 11.9 Å². The predicted molar refractivity (Wildman–Crippen MR) is 102 cm³/mol. The van der Waals surface area contributed by atoms with Gasteiger partial charge in [-0.15, -0.1) is 11.8 Å². The molecule has 1 fully saturated rings. The molecule has 1 aliphatic carbocycles. The first kappa shape index (κ1) is 15.4. The van der Waals surface area contributed by atoms with Crippen molar-refractivity contribution >= 4 is 40.3 Å². The molecule has 1 aliphatic heterocycles. The Morgan fingerprint density at radius 2 is 2.00 bits per heavy atom. The molecule has 2 aliphatic rings. The van der Waals surface area contributed by atoms with Crippen LogP contribution in [0, 0.1) is 0 Å². The van der Waals surface area contributed by atoms with Crippen LogP contribution in [0.1, 0.15) is 32.1 Å². The van der Waals surface area contributed by atoms with Crippen LogP contribution in [0.4, 0.5) is 5.69 Å².